The second-order valence-electron chi connectivity index (χ2n) is 2.37. The molecule has 0 aromatic rings. The molecule has 69 valence electrons. The lowest BCUT2D eigenvalue weighted by atomic mass is 10.2. The Morgan fingerprint density at radius 2 is 2.08 bits per heavy atom. The van der Waals surface area contributed by atoms with Gasteiger partial charge in [0, 0.05) is 0 Å². The van der Waals surface area contributed by atoms with E-state index in [9.17, 15) is 14.7 Å². The van der Waals surface area contributed by atoms with E-state index in [4.69, 9.17) is 5.11 Å². The minimum atomic E-state index is -1.26. The summed E-state index contributed by atoms with van der Waals surface area (Å²) in [6.07, 6.45) is -0.316. The molecule has 0 saturated carbocycles. The van der Waals surface area contributed by atoms with Gasteiger partial charge in [-0.3, -0.25) is 4.79 Å². The number of hydrogen-bond donors (Lipinski definition) is 1. The van der Waals surface area contributed by atoms with E-state index in [2.05, 4.69) is 4.74 Å². The first-order valence-electron chi connectivity index (χ1n) is 3.55. The van der Waals surface area contributed by atoms with Gasteiger partial charge in [-0.1, -0.05) is 0 Å². The number of carbonyl (C=O) groups excluding carboxylic acids is 2. The summed E-state index contributed by atoms with van der Waals surface area (Å²) in [7, 11) is 0. The largest absolute Gasteiger partial charge is 0.465 e. The van der Waals surface area contributed by atoms with Crippen molar-refractivity contribution in [3.63, 3.8) is 0 Å². The summed E-state index contributed by atoms with van der Waals surface area (Å²) < 4.78 is 4.49. The van der Waals surface area contributed by atoms with E-state index in [1.54, 1.807) is 0 Å². The Bertz CT molecular complexity index is 165. The molecule has 0 spiro atoms. The van der Waals surface area contributed by atoms with Crippen molar-refractivity contribution in [2.45, 2.75) is 13.3 Å². The van der Waals surface area contributed by atoms with Crippen molar-refractivity contribution in [3.8, 4) is 0 Å². The van der Waals surface area contributed by atoms with Gasteiger partial charge in [0.25, 0.3) is 0 Å². The maximum atomic E-state index is 10.8. The molecule has 0 aliphatic heterocycles. The van der Waals surface area contributed by atoms with Crippen LogP contribution in [0.5, 0.6) is 0 Å². The summed E-state index contributed by atoms with van der Waals surface area (Å²) >= 11 is 0. The zero-order valence-corrected chi connectivity index (χ0v) is 6.78. The van der Waals surface area contributed by atoms with Gasteiger partial charge in [-0.15, -0.1) is 0 Å². The van der Waals surface area contributed by atoms with Crippen molar-refractivity contribution >= 4 is 11.9 Å². The number of hydrogen-bond acceptors (Lipinski definition) is 4. The molecule has 5 heteroatoms. The summed E-state index contributed by atoms with van der Waals surface area (Å²) in [6, 6.07) is 0. The minimum absolute atomic E-state index is 0.203. The van der Waals surface area contributed by atoms with Gasteiger partial charge >= 0.3 is 11.9 Å². The summed E-state index contributed by atoms with van der Waals surface area (Å²) in [4.78, 5) is 20.6. The van der Waals surface area contributed by atoms with Gasteiger partial charge < -0.3 is 9.84 Å². The zero-order valence-electron chi connectivity index (χ0n) is 6.78. The van der Waals surface area contributed by atoms with Crippen molar-refractivity contribution in [3.05, 3.63) is 0 Å². The van der Waals surface area contributed by atoms with Crippen molar-refractivity contribution in [2.24, 2.45) is 5.92 Å². The molecule has 1 radical (unpaired) electrons. The topological polar surface area (TPSA) is 83.5 Å². The minimum Gasteiger partial charge on any atom is -0.465 e. The normalized spacial score (nSPS) is 12.2. The fourth-order valence-corrected chi connectivity index (χ4v) is 0.452. The quantitative estimate of drug-likeness (QED) is 0.571. The second-order valence-corrected chi connectivity index (χ2v) is 2.37. The number of aliphatic hydroxyl groups is 1. The summed E-state index contributed by atoms with van der Waals surface area (Å²) in [5.41, 5.74) is 0. The van der Waals surface area contributed by atoms with E-state index in [-0.39, 0.29) is 19.6 Å². The molecule has 5 nitrogen and oxygen atoms in total. The van der Waals surface area contributed by atoms with Gasteiger partial charge in [0.15, 0.2) is 0 Å². The summed E-state index contributed by atoms with van der Waals surface area (Å²) in [5.74, 6) is -2.47. The number of rotatable bonds is 5. The first-order chi connectivity index (χ1) is 5.57. The van der Waals surface area contributed by atoms with Crippen LogP contribution in [0.4, 0.5) is 0 Å². The maximum absolute atomic E-state index is 10.8. The zero-order chi connectivity index (χ0) is 9.56. The number of esters is 1. The second kappa shape index (κ2) is 5.54. The number of carbonyl (C=O) groups is 2. The van der Waals surface area contributed by atoms with Crippen LogP contribution >= 0.6 is 0 Å². The molecule has 0 bridgehead atoms. The molecule has 0 amide bonds. The lowest BCUT2D eigenvalue weighted by Gasteiger charge is -2.06. The molecule has 1 atom stereocenters. The van der Waals surface area contributed by atoms with Crippen LogP contribution in [0.2, 0.25) is 0 Å². The smallest absolute Gasteiger partial charge is 0.359 e. The molecule has 0 aromatic heterocycles. The third-order valence-electron chi connectivity index (χ3n) is 1.23. The monoisotopic (exact) mass is 175 g/mol. The Hall–Kier alpha value is -1.10. The Balaban J connectivity index is 3.50. The molecular weight excluding hydrogens is 164 g/mol. The molecule has 0 aliphatic rings. The fraction of sp³-hybridized carbons (Fsp3) is 0.714. The van der Waals surface area contributed by atoms with Crippen LogP contribution in [0.3, 0.4) is 0 Å². The van der Waals surface area contributed by atoms with Crippen molar-refractivity contribution in [2.75, 3.05) is 13.2 Å². The summed E-state index contributed by atoms with van der Waals surface area (Å²) in [6.45, 7) is 0.983. The highest BCUT2D eigenvalue weighted by atomic mass is 16.5. The Morgan fingerprint density at radius 1 is 1.50 bits per heavy atom. The van der Waals surface area contributed by atoms with Gasteiger partial charge in [0.1, 0.15) is 6.61 Å². The van der Waals surface area contributed by atoms with Crippen molar-refractivity contribution < 1.29 is 24.5 Å². The van der Waals surface area contributed by atoms with Crippen LogP contribution in [0, 0.1) is 5.92 Å². The predicted octanol–water partition coefficient (Wildman–Crippen LogP) is -0.495. The van der Waals surface area contributed by atoms with Crippen LogP contribution in [-0.4, -0.2) is 30.3 Å². The van der Waals surface area contributed by atoms with Gasteiger partial charge in [-0.2, -0.15) is 0 Å². The summed E-state index contributed by atoms with van der Waals surface area (Å²) in [5, 5.41) is 18.4. The standard InChI is InChI=1S/C7H11O5/c1-5(4-8)7(11)12-3-2-6(9)10/h5,8H,2-4H2,1H3. The van der Waals surface area contributed by atoms with E-state index in [0.29, 0.717) is 0 Å². The lowest BCUT2D eigenvalue weighted by molar-refractivity contribution is -0.152. The van der Waals surface area contributed by atoms with Gasteiger partial charge in [0.2, 0.25) is 0 Å². The predicted molar refractivity (Wildman–Crippen MR) is 37.5 cm³/mol. The first-order valence-corrected chi connectivity index (χ1v) is 3.55. The molecule has 1 N–H and O–H groups in total. The average Bonchev–Trinajstić information content (AvgIpc) is 2.02. The Kier molecular flexibility index (Phi) is 5.03. The third kappa shape index (κ3) is 4.68. The maximum Gasteiger partial charge on any atom is 0.359 e. The third-order valence-corrected chi connectivity index (χ3v) is 1.23. The average molecular weight is 175 g/mol. The molecule has 0 fully saturated rings. The number of ether oxygens (including phenoxy) is 1. The molecule has 12 heavy (non-hydrogen) atoms. The van der Waals surface area contributed by atoms with Crippen LogP contribution in [0.15, 0.2) is 0 Å². The molecular formula is C7H11O5. The Morgan fingerprint density at radius 3 is 2.50 bits per heavy atom. The van der Waals surface area contributed by atoms with E-state index in [1.807, 2.05) is 0 Å². The highest BCUT2D eigenvalue weighted by Gasteiger charge is 2.13. The molecule has 0 aliphatic carbocycles. The van der Waals surface area contributed by atoms with E-state index >= 15 is 0 Å². The number of aliphatic hydroxyl groups excluding tert-OH is 1. The van der Waals surface area contributed by atoms with Crippen molar-refractivity contribution in [1.29, 1.82) is 0 Å². The van der Waals surface area contributed by atoms with Crippen LogP contribution in [0.1, 0.15) is 13.3 Å². The van der Waals surface area contributed by atoms with Gasteiger partial charge in [-0.25, -0.2) is 9.90 Å². The van der Waals surface area contributed by atoms with E-state index < -0.39 is 17.9 Å². The SMILES string of the molecule is CC(CO)C(=O)OCCC([O])=O. The first kappa shape index (κ1) is 10.9. The molecule has 0 heterocycles. The molecule has 0 saturated heterocycles. The van der Waals surface area contributed by atoms with Crippen LogP contribution in [-0.2, 0) is 19.4 Å². The fourth-order valence-electron chi connectivity index (χ4n) is 0.452. The Labute approximate surface area is 70.0 Å². The molecule has 1 unspecified atom stereocenters. The lowest BCUT2D eigenvalue weighted by Crippen LogP contribution is -2.19. The van der Waals surface area contributed by atoms with Crippen LogP contribution < -0.4 is 0 Å². The molecule has 0 rings (SSSR count). The van der Waals surface area contributed by atoms with E-state index in [0.717, 1.165) is 0 Å². The van der Waals surface area contributed by atoms with E-state index in [1.165, 1.54) is 6.92 Å². The van der Waals surface area contributed by atoms with Crippen LogP contribution in [0.25, 0.3) is 0 Å². The molecule has 0 aromatic carbocycles. The van der Waals surface area contributed by atoms with Gasteiger partial charge in [-0.05, 0) is 6.92 Å². The highest BCUT2D eigenvalue weighted by molar-refractivity contribution is 5.72. The van der Waals surface area contributed by atoms with Crippen molar-refractivity contribution in [1.82, 2.24) is 0 Å². The highest BCUT2D eigenvalue weighted by Crippen LogP contribution is 1.97. The van der Waals surface area contributed by atoms with Gasteiger partial charge in [0.05, 0.1) is 18.9 Å².